The lowest BCUT2D eigenvalue weighted by atomic mass is 9.84. The fourth-order valence-electron chi connectivity index (χ4n) is 3.16. The highest BCUT2D eigenvalue weighted by molar-refractivity contribution is 5.56. The Morgan fingerprint density at radius 1 is 1.27 bits per heavy atom. The number of hydrogen-bond donors (Lipinski definition) is 0. The van der Waals surface area contributed by atoms with E-state index in [1.54, 1.807) is 0 Å². The van der Waals surface area contributed by atoms with Crippen LogP contribution in [0.15, 0.2) is 30.5 Å². The number of hydrogen-bond acceptors (Lipinski definition) is 3. The van der Waals surface area contributed by atoms with Gasteiger partial charge in [0.1, 0.15) is 0 Å². The van der Waals surface area contributed by atoms with E-state index >= 15 is 0 Å². The van der Waals surface area contributed by atoms with Crippen molar-refractivity contribution in [3.63, 3.8) is 0 Å². The number of unbranched alkanes of at least 4 members (excludes halogenated alkanes) is 1. The summed E-state index contributed by atoms with van der Waals surface area (Å²) in [6.45, 7) is 2.25. The Bertz CT molecular complexity index is 683. The summed E-state index contributed by atoms with van der Waals surface area (Å²) in [6, 6.07) is 9.62. The molecule has 1 atom stereocenters. The van der Waals surface area contributed by atoms with Gasteiger partial charge in [-0.1, -0.05) is 26.2 Å². The summed E-state index contributed by atoms with van der Waals surface area (Å²) in [6.07, 6.45) is 9.37. The minimum absolute atomic E-state index is 0.667. The van der Waals surface area contributed by atoms with Crippen LogP contribution in [0, 0.1) is 17.2 Å². The topological polar surface area (TPSA) is 49.6 Å². The maximum Gasteiger partial charge on any atom is 0.159 e. The molecule has 1 aliphatic rings. The molecule has 3 nitrogen and oxygen atoms in total. The largest absolute Gasteiger partial charge is 0.236 e. The van der Waals surface area contributed by atoms with E-state index in [1.807, 2.05) is 30.5 Å². The lowest BCUT2D eigenvalue weighted by Crippen LogP contribution is -2.16. The van der Waals surface area contributed by atoms with Gasteiger partial charge in [0.05, 0.1) is 11.6 Å². The van der Waals surface area contributed by atoms with Crippen LogP contribution in [0.25, 0.3) is 11.4 Å². The molecule has 112 valence electrons. The average Bonchev–Trinajstić information content (AvgIpc) is 2.59. The van der Waals surface area contributed by atoms with E-state index in [2.05, 4.69) is 18.0 Å². The fourth-order valence-corrected chi connectivity index (χ4v) is 3.16. The van der Waals surface area contributed by atoms with Gasteiger partial charge in [0.15, 0.2) is 5.82 Å². The Kier molecular flexibility index (Phi) is 4.48. The molecule has 0 aliphatic heterocycles. The summed E-state index contributed by atoms with van der Waals surface area (Å²) < 4.78 is 0. The quantitative estimate of drug-likeness (QED) is 0.843. The van der Waals surface area contributed by atoms with Gasteiger partial charge in [0, 0.05) is 17.5 Å². The number of nitriles is 1. The van der Waals surface area contributed by atoms with Crippen molar-refractivity contribution >= 4 is 0 Å². The van der Waals surface area contributed by atoms with Crippen molar-refractivity contribution in [1.29, 1.82) is 5.26 Å². The molecular formula is C19H21N3. The van der Waals surface area contributed by atoms with Gasteiger partial charge < -0.3 is 0 Å². The van der Waals surface area contributed by atoms with Crippen molar-refractivity contribution < 1.29 is 0 Å². The number of benzene rings is 1. The molecule has 22 heavy (non-hydrogen) atoms. The summed E-state index contributed by atoms with van der Waals surface area (Å²) in [5.74, 6) is 1.58. The third kappa shape index (κ3) is 3.17. The van der Waals surface area contributed by atoms with Crippen molar-refractivity contribution in [2.45, 2.75) is 45.4 Å². The highest BCUT2D eigenvalue weighted by Gasteiger charge is 2.20. The van der Waals surface area contributed by atoms with Crippen molar-refractivity contribution in [3.8, 4) is 17.5 Å². The molecule has 0 saturated heterocycles. The van der Waals surface area contributed by atoms with Crippen LogP contribution in [-0.4, -0.2) is 9.97 Å². The molecule has 0 N–H and O–H groups in total. The maximum absolute atomic E-state index is 8.86. The van der Waals surface area contributed by atoms with Gasteiger partial charge in [0.2, 0.25) is 0 Å². The molecule has 3 heteroatoms. The van der Waals surface area contributed by atoms with Gasteiger partial charge in [-0.05, 0) is 55.0 Å². The van der Waals surface area contributed by atoms with E-state index in [0.717, 1.165) is 30.1 Å². The maximum atomic E-state index is 8.86. The van der Waals surface area contributed by atoms with E-state index in [0.29, 0.717) is 5.56 Å². The first-order valence-corrected chi connectivity index (χ1v) is 8.15. The van der Waals surface area contributed by atoms with Crippen molar-refractivity contribution in [3.05, 3.63) is 47.3 Å². The Morgan fingerprint density at radius 2 is 2.09 bits per heavy atom. The molecule has 1 heterocycles. The lowest BCUT2D eigenvalue weighted by molar-refractivity contribution is 0.408. The molecule has 3 rings (SSSR count). The number of nitrogens with zero attached hydrogens (tertiary/aromatic N) is 3. The second kappa shape index (κ2) is 6.70. The van der Waals surface area contributed by atoms with Crippen molar-refractivity contribution in [2.75, 3.05) is 0 Å². The van der Waals surface area contributed by atoms with Crippen molar-refractivity contribution in [1.82, 2.24) is 9.97 Å². The monoisotopic (exact) mass is 291 g/mol. The molecule has 0 amide bonds. The molecule has 0 fully saturated rings. The smallest absolute Gasteiger partial charge is 0.159 e. The standard InChI is InChI=1S/C19H21N3/c1-2-3-4-14-7-10-18-17(11-14)13-21-19(22-18)16-8-5-15(12-20)6-9-16/h5-6,8-9,13-14H,2-4,7,10-11H2,1H3. The third-order valence-corrected chi connectivity index (χ3v) is 4.49. The molecule has 0 saturated carbocycles. The van der Waals surface area contributed by atoms with E-state index in [1.165, 1.54) is 36.9 Å². The SMILES string of the molecule is CCCCC1CCc2nc(-c3ccc(C#N)cc3)ncc2C1. The molecule has 0 bridgehead atoms. The Balaban J connectivity index is 1.78. The predicted octanol–water partition coefficient (Wildman–Crippen LogP) is 4.31. The second-order valence-corrected chi connectivity index (χ2v) is 6.11. The first-order chi connectivity index (χ1) is 10.8. The van der Waals surface area contributed by atoms with E-state index in [-0.39, 0.29) is 0 Å². The minimum atomic E-state index is 0.667. The summed E-state index contributed by atoms with van der Waals surface area (Å²) in [5, 5.41) is 8.86. The number of aromatic nitrogens is 2. The van der Waals surface area contributed by atoms with Crippen LogP contribution < -0.4 is 0 Å². The van der Waals surface area contributed by atoms with Crippen LogP contribution in [0.5, 0.6) is 0 Å². The first-order valence-electron chi connectivity index (χ1n) is 8.15. The second-order valence-electron chi connectivity index (χ2n) is 6.11. The molecule has 1 unspecified atom stereocenters. The van der Waals surface area contributed by atoms with Gasteiger partial charge in [-0.25, -0.2) is 9.97 Å². The Hall–Kier alpha value is -2.21. The number of rotatable bonds is 4. The highest BCUT2D eigenvalue weighted by Crippen LogP contribution is 2.28. The van der Waals surface area contributed by atoms with Crippen LogP contribution in [0.1, 0.15) is 49.4 Å². The zero-order valence-electron chi connectivity index (χ0n) is 13.0. The molecule has 1 aromatic heterocycles. The van der Waals surface area contributed by atoms with Gasteiger partial charge in [-0.3, -0.25) is 0 Å². The average molecular weight is 291 g/mol. The van der Waals surface area contributed by atoms with Crippen LogP contribution >= 0.6 is 0 Å². The lowest BCUT2D eigenvalue weighted by Gasteiger charge is -2.23. The summed E-state index contributed by atoms with van der Waals surface area (Å²) >= 11 is 0. The first kappa shape index (κ1) is 14.7. The van der Waals surface area contributed by atoms with Gasteiger partial charge in [-0.15, -0.1) is 0 Å². The van der Waals surface area contributed by atoms with Crippen LogP contribution in [-0.2, 0) is 12.8 Å². The van der Waals surface area contributed by atoms with Crippen LogP contribution in [0.4, 0.5) is 0 Å². The zero-order chi connectivity index (χ0) is 15.4. The van der Waals surface area contributed by atoms with Crippen LogP contribution in [0.2, 0.25) is 0 Å². The third-order valence-electron chi connectivity index (χ3n) is 4.49. The Labute approximate surface area is 132 Å². The molecule has 0 radical (unpaired) electrons. The highest BCUT2D eigenvalue weighted by atomic mass is 14.9. The van der Waals surface area contributed by atoms with E-state index in [4.69, 9.17) is 10.2 Å². The van der Waals surface area contributed by atoms with Crippen molar-refractivity contribution in [2.24, 2.45) is 5.92 Å². The van der Waals surface area contributed by atoms with Gasteiger partial charge >= 0.3 is 0 Å². The molecular weight excluding hydrogens is 270 g/mol. The Morgan fingerprint density at radius 3 is 2.82 bits per heavy atom. The van der Waals surface area contributed by atoms with E-state index in [9.17, 15) is 0 Å². The molecule has 1 aromatic carbocycles. The number of aryl methyl sites for hydroxylation is 1. The minimum Gasteiger partial charge on any atom is -0.236 e. The van der Waals surface area contributed by atoms with Gasteiger partial charge in [0.25, 0.3) is 0 Å². The summed E-state index contributed by atoms with van der Waals surface area (Å²) in [4.78, 5) is 9.30. The zero-order valence-corrected chi connectivity index (χ0v) is 13.0. The molecule has 0 spiro atoms. The van der Waals surface area contributed by atoms with Crippen LogP contribution in [0.3, 0.4) is 0 Å². The summed E-state index contributed by atoms with van der Waals surface area (Å²) in [7, 11) is 0. The normalized spacial score (nSPS) is 16.8. The fraction of sp³-hybridized carbons (Fsp3) is 0.421. The summed E-state index contributed by atoms with van der Waals surface area (Å²) in [5.41, 5.74) is 4.18. The molecule has 1 aliphatic carbocycles. The van der Waals surface area contributed by atoms with E-state index < -0.39 is 0 Å². The number of fused-ring (bicyclic) bond motifs is 1. The molecule has 2 aromatic rings. The van der Waals surface area contributed by atoms with Gasteiger partial charge in [-0.2, -0.15) is 5.26 Å². The predicted molar refractivity (Wildman–Crippen MR) is 87.2 cm³/mol.